The van der Waals surface area contributed by atoms with Crippen LogP contribution in [0.3, 0.4) is 0 Å². The fourth-order valence-corrected chi connectivity index (χ4v) is 2.78. The molecular weight excluding hydrogens is 358 g/mol. The van der Waals surface area contributed by atoms with Crippen molar-refractivity contribution in [1.29, 1.82) is 0 Å². The Balaban J connectivity index is 1.98. The number of aromatic hydroxyl groups is 1. The van der Waals surface area contributed by atoms with E-state index in [9.17, 15) is 9.90 Å². The first-order valence-electron chi connectivity index (χ1n) is 7.61. The molecule has 0 saturated carbocycles. The lowest BCUT2D eigenvalue weighted by molar-refractivity contribution is 0.0994. The lowest BCUT2D eigenvalue weighted by Gasteiger charge is -2.07. The van der Waals surface area contributed by atoms with Crippen LogP contribution in [-0.2, 0) is 7.05 Å². The third kappa shape index (κ3) is 3.09. The van der Waals surface area contributed by atoms with Crippen molar-refractivity contribution in [1.82, 2.24) is 4.57 Å². The number of amides is 1. The van der Waals surface area contributed by atoms with Crippen LogP contribution in [0.2, 0.25) is 5.02 Å². The SMILES string of the molecule is COc1ccc(C(=O)N=Nc2c(O)n(C)c3ccc(Cl)cc23)cc1OC. The molecule has 0 bridgehead atoms. The Hall–Kier alpha value is -3.06. The third-order valence-electron chi connectivity index (χ3n) is 3.98. The predicted molar refractivity (Wildman–Crippen MR) is 98.0 cm³/mol. The number of fused-ring (bicyclic) bond motifs is 1. The fraction of sp³-hybridized carbons (Fsp3) is 0.167. The van der Waals surface area contributed by atoms with Crippen LogP contribution in [0, 0.1) is 0 Å². The Bertz CT molecular complexity index is 1030. The molecule has 1 N–H and O–H groups in total. The van der Waals surface area contributed by atoms with E-state index in [1.54, 1.807) is 41.9 Å². The third-order valence-corrected chi connectivity index (χ3v) is 4.21. The summed E-state index contributed by atoms with van der Waals surface area (Å²) in [6, 6.07) is 9.80. The number of rotatable bonds is 4. The summed E-state index contributed by atoms with van der Waals surface area (Å²) in [6.07, 6.45) is 0. The molecule has 3 rings (SSSR count). The van der Waals surface area contributed by atoms with Gasteiger partial charge in [-0.05, 0) is 36.4 Å². The Labute approximate surface area is 154 Å². The van der Waals surface area contributed by atoms with Gasteiger partial charge in [0.2, 0.25) is 5.88 Å². The maximum Gasteiger partial charge on any atom is 0.295 e. The molecular formula is C18H16ClN3O4. The molecule has 1 aromatic heterocycles. The Morgan fingerprint density at radius 1 is 1.12 bits per heavy atom. The summed E-state index contributed by atoms with van der Waals surface area (Å²) in [5.74, 6) is 0.228. The van der Waals surface area contributed by atoms with Crippen LogP contribution in [0.5, 0.6) is 17.4 Å². The van der Waals surface area contributed by atoms with Gasteiger partial charge in [-0.15, -0.1) is 10.2 Å². The molecule has 2 aromatic carbocycles. The highest BCUT2D eigenvalue weighted by atomic mass is 35.5. The number of halogens is 1. The van der Waals surface area contributed by atoms with Gasteiger partial charge in [-0.2, -0.15) is 0 Å². The van der Waals surface area contributed by atoms with Crippen molar-refractivity contribution in [3.05, 3.63) is 47.0 Å². The smallest absolute Gasteiger partial charge is 0.295 e. The van der Waals surface area contributed by atoms with Crippen molar-refractivity contribution in [3.8, 4) is 17.4 Å². The van der Waals surface area contributed by atoms with E-state index < -0.39 is 5.91 Å². The Morgan fingerprint density at radius 2 is 1.85 bits per heavy atom. The standard InChI is InChI=1S/C18H16ClN3O4/c1-22-13-6-5-11(19)9-12(13)16(18(22)24)20-21-17(23)10-4-7-14(25-2)15(8-10)26-3/h4-9,24H,1-3H3. The summed E-state index contributed by atoms with van der Waals surface area (Å²) in [5, 5.41) is 19.0. The van der Waals surface area contributed by atoms with Gasteiger partial charge in [-0.1, -0.05) is 11.6 Å². The summed E-state index contributed by atoms with van der Waals surface area (Å²) in [5.41, 5.74) is 1.18. The van der Waals surface area contributed by atoms with E-state index in [-0.39, 0.29) is 17.1 Å². The topological polar surface area (TPSA) is 85.4 Å². The van der Waals surface area contributed by atoms with Crippen LogP contribution < -0.4 is 9.47 Å². The minimum Gasteiger partial charge on any atom is -0.493 e. The van der Waals surface area contributed by atoms with Crippen molar-refractivity contribution in [3.63, 3.8) is 0 Å². The van der Waals surface area contributed by atoms with Gasteiger partial charge in [-0.25, -0.2) is 0 Å². The molecule has 134 valence electrons. The number of carbonyl (C=O) groups excluding carboxylic acids is 1. The van der Waals surface area contributed by atoms with Crippen LogP contribution >= 0.6 is 11.6 Å². The number of aromatic nitrogens is 1. The van der Waals surface area contributed by atoms with Crippen molar-refractivity contribution < 1.29 is 19.4 Å². The molecule has 0 aliphatic rings. The minimum absolute atomic E-state index is 0.105. The van der Waals surface area contributed by atoms with Crippen LogP contribution in [0.1, 0.15) is 10.4 Å². The Kier molecular flexibility index (Phi) is 4.81. The van der Waals surface area contributed by atoms with Crippen molar-refractivity contribution >= 4 is 34.1 Å². The number of nitrogens with zero attached hydrogens (tertiary/aromatic N) is 3. The molecule has 1 heterocycles. The second kappa shape index (κ2) is 7.05. The van der Waals surface area contributed by atoms with Gasteiger partial charge >= 0.3 is 0 Å². The van der Waals surface area contributed by atoms with Gasteiger partial charge < -0.3 is 19.1 Å². The number of methoxy groups -OCH3 is 2. The van der Waals surface area contributed by atoms with E-state index in [0.717, 1.165) is 5.52 Å². The normalized spacial score (nSPS) is 11.2. The number of hydrogen-bond donors (Lipinski definition) is 1. The van der Waals surface area contributed by atoms with E-state index in [0.29, 0.717) is 21.9 Å². The number of carbonyl (C=O) groups is 1. The van der Waals surface area contributed by atoms with E-state index in [1.807, 2.05) is 0 Å². The number of hydrogen-bond acceptors (Lipinski definition) is 5. The van der Waals surface area contributed by atoms with E-state index in [4.69, 9.17) is 21.1 Å². The zero-order chi connectivity index (χ0) is 18.8. The lowest BCUT2D eigenvalue weighted by Crippen LogP contribution is -1.97. The minimum atomic E-state index is -0.579. The Morgan fingerprint density at radius 3 is 2.54 bits per heavy atom. The molecule has 0 saturated heterocycles. The summed E-state index contributed by atoms with van der Waals surface area (Å²) in [4.78, 5) is 12.3. The van der Waals surface area contributed by atoms with Gasteiger partial charge in [0.1, 0.15) is 0 Å². The molecule has 0 unspecified atom stereocenters. The first-order valence-corrected chi connectivity index (χ1v) is 7.99. The molecule has 0 aliphatic carbocycles. The molecule has 0 fully saturated rings. The molecule has 0 atom stereocenters. The molecule has 7 nitrogen and oxygen atoms in total. The molecule has 26 heavy (non-hydrogen) atoms. The van der Waals surface area contributed by atoms with Gasteiger partial charge in [0.15, 0.2) is 17.2 Å². The summed E-state index contributed by atoms with van der Waals surface area (Å²) in [7, 11) is 4.67. The number of aryl methyl sites for hydroxylation is 1. The maximum atomic E-state index is 12.3. The van der Waals surface area contributed by atoms with Crippen molar-refractivity contribution in [2.24, 2.45) is 17.3 Å². The van der Waals surface area contributed by atoms with Crippen LogP contribution in [0.25, 0.3) is 10.9 Å². The largest absolute Gasteiger partial charge is 0.493 e. The second-order valence-electron chi connectivity index (χ2n) is 5.47. The summed E-state index contributed by atoms with van der Waals surface area (Å²) in [6.45, 7) is 0. The molecule has 8 heteroatoms. The molecule has 0 spiro atoms. The molecule has 3 aromatic rings. The predicted octanol–water partition coefficient (Wildman–Crippen LogP) is 4.48. The lowest BCUT2D eigenvalue weighted by atomic mass is 10.2. The second-order valence-corrected chi connectivity index (χ2v) is 5.90. The first-order chi connectivity index (χ1) is 12.5. The molecule has 0 radical (unpaired) electrons. The number of ether oxygens (including phenoxy) is 2. The summed E-state index contributed by atoms with van der Waals surface area (Å²) < 4.78 is 11.9. The van der Waals surface area contributed by atoms with Crippen LogP contribution in [0.4, 0.5) is 5.69 Å². The van der Waals surface area contributed by atoms with Gasteiger partial charge in [0, 0.05) is 23.0 Å². The van der Waals surface area contributed by atoms with Crippen molar-refractivity contribution in [2.45, 2.75) is 0 Å². The quantitative estimate of drug-likeness (QED) is 0.683. The van der Waals surface area contributed by atoms with Crippen LogP contribution in [0.15, 0.2) is 46.6 Å². The fourth-order valence-electron chi connectivity index (χ4n) is 2.60. The van der Waals surface area contributed by atoms with E-state index in [2.05, 4.69) is 10.2 Å². The average Bonchev–Trinajstić information content (AvgIpc) is 2.89. The van der Waals surface area contributed by atoms with Gasteiger partial charge in [0.25, 0.3) is 5.91 Å². The van der Waals surface area contributed by atoms with Crippen molar-refractivity contribution in [2.75, 3.05) is 14.2 Å². The highest BCUT2D eigenvalue weighted by molar-refractivity contribution is 6.31. The zero-order valence-corrected chi connectivity index (χ0v) is 15.1. The van der Waals surface area contributed by atoms with Gasteiger partial charge in [0.05, 0.1) is 19.7 Å². The average molecular weight is 374 g/mol. The zero-order valence-electron chi connectivity index (χ0n) is 14.4. The van der Waals surface area contributed by atoms with E-state index >= 15 is 0 Å². The van der Waals surface area contributed by atoms with E-state index in [1.165, 1.54) is 20.3 Å². The van der Waals surface area contributed by atoms with Gasteiger partial charge in [-0.3, -0.25) is 4.79 Å². The number of benzene rings is 2. The molecule has 0 aliphatic heterocycles. The summed E-state index contributed by atoms with van der Waals surface area (Å²) >= 11 is 6.02. The highest BCUT2D eigenvalue weighted by Gasteiger charge is 2.16. The maximum absolute atomic E-state index is 12.3. The molecule has 1 amide bonds. The van der Waals surface area contributed by atoms with Crippen LogP contribution in [-0.4, -0.2) is 29.8 Å². The highest BCUT2D eigenvalue weighted by Crippen LogP contribution is 2.39. The number of azo groups is 1. The first kappa shape index (κ1) is 17.8. The monoisotopic (exact) mass is 373 g/mol.